The standard InChI is InChI=1S/C18H17N3O5/c1-26-16-9-8-14(21(24)25)10-15(16)18(23)20-12-4-2-11(3-5-12)17(22)19-13-6-7-13/h2-5,8-10,13H,6-7H2,1H3,(H,19,22)(H,20,23). The smallest absolute Gasteiger partial charge is 0.270 e. The number of rotatable bonds is 6. The van der Waals surface area contributed by atoms with E-state index >= 15 is 0 Å². The van der Waals surface area contributed by atoms with Crippen LogP contribution in [0.2, 0.25) is 0 Å². The van der Waals surface area contributed by atoms with Gasteiger partial charge in [-0.2, -0.15) is 0 Å². The number of hydrogen-bond acceptors (Lipinski definition) is 5. The number of methoxy groups -OCH3 is 1. The van der Waals surface area contributed by atoms with Gasteiger partial charge in [0.05, 0.1) is 17.6 Å². The number of nitro benzene ring substituents is 1. The Morgan fingerprint density at radius 2 is 1.81 bits per heavy atom. The molecule has 0 bridgehead atoms. The van der Waals surface area contributed by atoms with Gasteiger partial charge in [0, 0.05) is 29.4 Å². The molecule has 8 heteroatoms. The Bertz CT molecular complexity index is 860. The summed E-state index contributed by atoms with van der Waals surface area (Å²) in [5.41, 5.74) is 0.814. The van der Waals surface area contributed by atoms with Gasteiger partial charge in [0.1, 0.15) is 5.75 Å². The van der Waals surface area contributed by atoms with E-state index < -0.39 is 10.8 Å². The van der Waals surface area contributed by atoms with Crippen LogP contribution in [0, 0.1) is 10.1 Å². The van der Waals surface area contributed by atoms with Crippen LogP contribution in [0.5, 0.6) is 5.75 Å². The maximum atomic E-state index is 12.4. The maximum Gasteiger partial charge on any atom is 0.270 e. The van der Waals surface area contributed by atoms with Crippen molar-refractivity contribution in [3.63, 3.8) is 0 Å². The Labute approximate surface area is 149 Å². The molecule has 3 rings (SSSR count). The predicted molar refractivity (Wildman–Crippen MR) is 94.5 cm³/mol. The van der Waals surface area contributed by atoms with Crippen molar-refractivity contribution in [2.45, 2.75) is 18.9 Å². The Hall–Kier alpha value is -3.42. The van der Waals surface area contributed by atoms with Crippen molar-refractivity contribution in [2.24, 2.45) is 0 Å². The molecule has 0 aromatic heterocycles. The highest BCUT2D eigenvalue weighted by molar-refractivity contribution is 6.06. The highest BCUT2D eigenvalue weighted by Gasteiger charge is 2.23. The van der Waals surface area contributed by atoms with E-state index in [9.17, 15) is 19.7 Å². The average Bonchev–Trinajstić information content (AvgIpc) is 3.45. The van der Waals surface area contributed by atoms with Crippen molar-refractivity contribution in [2.75, 3.05) is 12.4 Å². The fraction of sp³-hybridized carbons (Fsp3) is 0.222. The van der Waals surface area contributed by atoms with Crippen LogP contribution in [0.15, 0.2) is 42.5 Å². The van der Waals surface area contributed by atoms with Gasteiger partial charge < -0.3 is 15.4 Å². The van der Waals surface area contributed by atoms with E-state index in [1.165, 1.54) is 19.2 Å². The van der Waals surface area contributed by atoms with Crippen molar-refractivity contribution in [3.05, 3.63) is 63.7 Å². The van der Waals surface area contributed by atoms with Gasteiger partial charge >= 0.3 is 0 Å². The maximum absolute atomic E-state index is 12.4. The molecule has 0 radical (unpaired) electrons. The molecule has 1 aliphatic carbocycles. The van der Waals surface area contributed by atoms with E-state index in [1.807, 2.05) is 0 Å². The predicted octanol–water partition coefficient (Wildman–Crippen LogP) is 2.75. The van der Waals surface area contributed by atoms with E-state index in [0.29, 0.717) is 11.3 Å². The summed E-state index contributed by atoms with van der Waals surface area (Å²) in [7, 11) is 1.38. The molecule has 0 saturated heterocycles. The van der Waals surface area contributed by atoms with Crippen LogP contribution in [0.25, 0.3) is 0 Å². The minimum atomic E-state index is -0.580. The molecule has 0 spiro atoms. The molecule has 2 aromatic rings. The van der Waals surface area contributed by atoms with Crippen LogP contribution in [-0.2, 0) is 0 Å². The highest BCUT2D eigenvalue weighted by atomic mass is 16.6. The number of carbonyl (C=O) groups is 2. The third kappa shape index (κ3) is 3.97. The lowest BCUT2D eigenvalue weighted by atomic mass is 10.1. The number of non-ortho nitro benzene ring substituents is 1. The third-order valence-corrected chi connectivity index (χ3v) is 3.96. The first-order valence-electron chi connectivity index (χ1n) is 8.02. The zero-order chi connectivity index (χ0) is 18.7. The van der Waals surface area contributed by atoms with Crippen molar-refractivity contribution in [1.29, 1.82) is 0 Å². The van der Waals surface area contributed by atoms with E-state index in [0.717, 1.165) is 18.9 Å². The molecular formula is C18H17N3O5. The van der Waals surface area contributed by atoms with E-state index in [-0.39, 0.29) is 28.9 Å². The SMILES string of the molecule is COc1ccc([N+](=O)[O-])cc1C(=O)Nc1ccc(C(=O)NC2CC2)cc1. The Kier molecular flexibility index (Phi) is 4.83. The zero-order valence-electron chi connectivity index (χ0n) is 14.0. The summed E-state index contributed by atoms with van der Waals surface area (Å²) in [4.78, 5) is 34.7. The fourth-order valence-electron chi connectivity index (χ4n) is 2.39. The van der Waals surface area contributed by atoms with Crippen LogP contribution < -0.4 is 15.4 Å². The highest BCUT2D eigenvalue weighted by Crippen LogP contribution is 2.25. The van der Waals surface area contributed by atoms with Crippen molar-refractivity contribution < 1.29 is 19.2 Å². The number of ether oxygens (including phenoxy) is 1. The second-order valence-electron chi connectivity index (χ2n) is 5.92. The molecule has 8 nitrogen and oxygen atoms in total. The van der Waals surface area contributed by atoms with Gasteiger partial charge in [-0.15, -0.1) is 0 Å². The molecule has 2 amide bonds. The fourth-order valence-corrected chi connectivity index (χ4v) is 2.39. The van der Waals surface area contributed by atoms with Crippen LogP contribution in [-0.4, -0.2) is 29.9 Å². The second kappa shape index (κ2) is 7.22. The number of nitrogens with one attached hydrogen (secondary N) is 2. The summed E-state index contributed by atoms with van der Waals surface area (Å²) in [6.45, 7) is 0. The largest absolute Gasteiger partial charge is 0.496 e. The molecule has 0 atom stereocenters. The van der Waals surface area contributed by atoms with Gasteiger partial charge in [-0.25, -0.2) is 0 Å². The van der Waals surface area contributed by atoms with E-state index in [4.69, 9.17) is 4.74 Å². The third-order valence-electron chi connectivity index (χ3n) is 3.96. The number of nitrogens with zero attached hydrogens (tertiary/aromatic N) is 1. The summed E-state index contributed by atoms with van der Waals surface area (Å²) >= 11 is 0. The number of nitro groups is 1. The van der Waals surface area contributed by atoms with Crippen molar-refractivity contribution in [3.8, 4) is 5.75 Å². The number of benzene rings is 2. The lowest BCUT2D eigenvalue weighted by molar-refractivity contribution is -0.384. The molecule has 2 aromatic carbocycles. The van der Waals surface area contributed by atoms with Gasteiger partial charge in [0.25, 0.3) is 17.5 Å². The second-order valence-corrected chi connectivity index (χ2v) is 5.92. The average molecular weight is 355 g/mol. The first-order chi connectivity index (χ1) is 12.5. The lowest BCUT2D eigenvalue weighted by Gasteiger charge is -2.10. The van der Waals surface area contributed by atoms with Gasteiger partial charge in [-0.05, 0) is 43.2 Å². The van der Waals surface area contributed by atoms with E-state index in [2.05, 4.69) is 10.6 Å². The summed E-state index contributed by atoms with van der Waals surface area (Å²) in [6, 6.07) is 10.5. The zero-order valence-corrected chi connectivity index (χ0v) is 14.0. The molecular weight excluding hydrogens is 338 g/mol. The van der Waals surface area contributed by atoms with Crippen LogP contribution >= 0.6 is 0 Å². The topological polar surface area (TPSA) is 111 Å². The van der Waals surface area contributed by atoms with Crippen LogP contribution in [0.1, 0.15) is 33.6 Å². The van der Waals surface area contributed by atoms with Gasteiger partial charge in [0.15, 0.2) is 0 Å². The Balaban J connectivity index is 1.74. The molecule has 1 fully saturated rings. The first kappa shape index (κ1) is 17.4. The number of carbonyl (C=O) groups excluding carboxylic acids is 2. The molecule has 1 aliphatic rings. The summed E-state index contributed by atoms with van der Waals surface area (Å²) in [6.07, 6.45) is 2.01. The van der Waals surface area contributed by atoms with Gasteiger partial charge in [-0.3, -0.25) is 19.7 Å². The van der Waals surface area contributed by atoms with Crippen LogP contribution in [0.4, 0.5) is 11.4 Å². The Morgan fingerprint density at radius 3 is 2.38 bits per heavy atom. The van der Waals surface area contributed by atoms with E-state index in [1.54, 1.807) is 24.3 Å². The molecule has 134 valence electrons. The number of anilines is 1. The number of amides is 2. The van der Waals surface area contributed by atoms with Gasteiger partial charge in [-0.1, -0.05) is 0 Å². The summed E-state index contributed by atoms with van der Waals surface area (Å²) < 4.78 is 5.10. The first-order valence-corrected chi connectivity index (χ1v) is 8.02. The minimum absolute atomic E-state index is 0.0530. The normalized spacial score (nSPS) is 13.0. The molecule has 0 aliphatic heterocycles. The van der Waals surface area contributed by atoms with Crippen molar-refractivity contribution >= 4 is 23.2 Å². The molecule has 0 heterocycles. The lowest BCUT2D eigenvalue weighted by Crippen LogP contribution is -2.25. The molecule has 26 heavy (non-hydrogen) atoms. The van der Waals surface area contributed by atoms with Crippen molar-refractivity contribution in [1.82, 2.24) is 5.32 Å². The van der Waals surface area contributed by atoms with Crippen LogP contribution in [0.3, 0.4) is 0 Å². The molecule has 0 unspecified atom stereocenters. The summed E-state index contributed by atoms with van der Waals surface area (Å²) in [5, 5.41) is 16.4. The van der Waals surface area contributed by atoms with Gasteiger partial charge in [0.2, 0.25) is 0 Å². The molecule has 2 N–H and O–H groups in total. The molecule has 1 saturated carbocycles. The quantitative estimate of drug-likeness (QED) is 0.611. The monoisotopic (exact) mass is 355 g/mol. The minimum Gasteiger partial charge on any atom is -0.496 e. The summed E-state index contributed by atoms with van der Waals surface area (Å²) in [5.74, 6) is -0.458. The Morgan fingerprint density at radius 1 is 1.12 bits per heavy atom. The number of hydrogen-bond donors (Lipinski definition) is 2.